The van der Waals surface area contributed by atoms with Gasteiger partial charge in [-0.25, -0.2) is 9.67 Å². The van der Waals surface area contributed by atoms with Crippen LogP contribution in [0.1, 0.15) is 18.4 Å². The van der Waals surface area contributed by atoms with Gasteiger partial charge in [0.15, 0.2) is 0 Å². The fourth-order valence-electron chi connectivity index (χ4n) is 3.57. The van der Waals surface area contributed by atoms with Gasteiger partial charge in [-0.15, -0.1) is 0 Å². The number of aromatic nitrogens is 3. The van der Waals surface area contributed by atoms with Crippen LogP contribution in [0.3, 0.4) is 0 Å². The third kappa shape index (κ3) is 5.19. The Balaban J connectivity index is 1.35. The summed E-state index contributed by atoms with van der Waals surface area (Å²) in [7, 11) is 0. The van der Waals surface area contributed by atoms with Crippen LogP contribution in [0.25, 0.3) is 11.8 Å². The van der Waals surface area contributed by atoms with E-state index in [1.807, 2.05) is 36.4 Å². The Morgan fingerprint density at radius 2 is 1.87 bits per heavy atom. The quantitative estimate of drug-likeness (QED) is 0.618. The summed E-state index contributed by atoms with van der Waals surface area (Å²) >= 11 is 6.13. The van der Waals surface area contributed by atoms with E-state index in [0.29, 0.717) is 42.3 Å². The number of piperidine rings is 1. The van der Waals surface area contributed by atoms with E-state index < -0.39 is 0 Å². The standard InChI is InChI=1S/C23H22ClN5O2/c24-19-7-8-21(29-16-25-15-26-29)20(14-19)27-23(31)18-10-12-28(13-11-18)22(30)9-6-17-4-2-1-3-5-17/h1-9,14-16,18H,10-13H2,(H,27,31)/b9-6+. The van der Waals surface area contributed by atoms with Crippen molar-refractivity contribution < 1.29 is 9.59 Å². The second-order valence-electron chi connectivity index (χ2n) is 7.33. The predicted octanol–water partition coefficient (Wildman–Crippen LogP) is 3.81. The Bertz CT molecular complexity index is 1070. The van der Waals surface area contributed by atoms with Gasteiger partial charge in [0.1, 0.15) is 12.7 Å². The minimum absolute atomic E-state index is 0.0361. The van der Waals surface area contributed by atoms with Gasteiger partial charge in [0, 0.05) is 30.1 Å². The minimum Gasteiger partial charge on any atom is -0.339 e. The number of hydrogen-bond acceptors (Lipinski definition) is 4. The third-order valence-electron chi connectivity index (χ3n) is 5.28. The summed E-state index contributed by atoms with van der Waals surface area (Å²) in [5.74, 6) is -0.300. The molecule has 7 nitrogen and oxygen atoms in total. The molecule has 2 heterocycles. The van der Waals surface area contributed by atoms with Crippen molar-refractivity contribution in [3.05, 3.63) is 77.8 Å². The summed E-state index contributed by atoms with van der Waals surface area (Å²) < 4.78 is 1.58. The average molecular weight is 436 g/mol. The number of carbonyl (C=O) groups is 2. The van der Waals surface area contributed by atoms with E-state index in [1.54, 1.807) is 40.2 Å². The first kappa shape index (κ1) is 20.8. The number of halogens is 1. The van der Waals surface area contributed by atoms with E-state index in [4.69, 9.17) is 11.6 Å². The number of likely N-dealkylation sites (tertiary alicyclic amines) is 1. The molecule has 0 spiro atoms. The summed E-state index contributed by atoms with van der Waals surface area (Å²) in [6, 6.07) is 14.9. The van der Waals surface area contributed by atoms with Crippen LogP contribution < -0.4 is 5.32 Å². The first-order chi connectivity index (χ1) is 15.1. The molecule has 0 saturated carbocycles. The molecule has 0 bridgehead atoms. The molecule has 2 amide bonds. The van der Waals surface area contributed by atoms with E-state index in [0.717, 1.165) is 5.56 Å². The van der Waals surface area contributed by atoms with Crippen LogP contribution in [0.4, 0.5) is 5.69 Å². The summed E-state index contributed by atoms with van der Waals surface area (Å²) in [5, 5.41) is 7.61. The highest BCUT2D eigenvalue weighted by molar-refractivity contribution is 6.31. The molecule has 1 fully saturated rings. The molecular formula is C23H22ClN5O2. The van der Waals surface area contributed by atoms with Gasteiger partial charge in [-0.05, 0) is 42.7 Å². The molecule has 0 radical (unpaired) electrons. The minimum atomic E-state index is -0.176. The fourth-order valence-corrected chi connectivity index (χ4v) is 3.75. The smallest absolute Gasteiger partial charge is 0.246 e. The molecule has 1 N–H and O–H groups in total. The lowest BCUT2D eigenvalue weighted by Crippen LogP contribution is -2.40. The van der Waals surface area contributed by atoms with Crippen LogP contribution in [0.5, 0.6) is 0 Å². The number of nitrogens with one attached hydrogen (secondary N) is 1. The highest BCUT2D eigenvalue weighted by Gasteiger charge is 2.27. The van der Waals surface area contributed by atoms with E-state index in [-0.39, 0.29) is 17.7 Å². The van der Waals surface area contributed by atoms with Crippen LogP contribution >= 0.6 is 11.6 Å². The van der Waals surface area contributed by atoms with Crippen molar-refractivity contribution in [3.63, 3.8) is 0 Å². The van der Waals surface area contributed by atoms with Crippen LogP contribution in [0.2, 0.25) is 5.02 Å². The second kappa shape index (κ2) is 9.57. The molecule has 31 heavy (non-hydrogen) atoms. The Hall–Kier alpha value is -3.45. The highest BCUT2D eigenvalue weighted by atomic mass is 35.5. The Morgan fingerprint density at radius 3 is 2.58 bits per heavy atom. The molecule has 3 aromatic rings. The molecular weight excluding hydrogens is 414 g/mol. The number of hydrogen-bond donors (Lipinski definition) is 1. The number of benzene rings is 2. The lowest BCUT2D eigenvalue weighted by Gasteiger charge is -2.30. The van der Waals surface area contributed by atoms with Gasteiger partial charge in [0.2, 0.25) is 11.8 Å². The van der Waals surface area contributed by atoms with E-state index in [2.05, 4.69) is 15.4 Å². The molecule has 4 rings (SSSR count). The zero-order valence-corrected chi connectivity index (χ0v) is 17.6. The van der Waals surface area contributed by atoms with Gasteiger partial charge >= 0.3 is 0 Å². The van der Waals surface area contributed by atoms with Crippen molar-refractivity contribution in [1.29, 1.82) is 0 Å². The zero-order valence-electron chi connectivity index (χ0n) is 16.8. The molecule has 158 valence electrons. The first-order valence-corrected chi connectivity index (χ1v) is 10.5. The summed E-state index contributed by atoms with van der Waals surface area (Å²) in [6.07, 6.45) is 7.61. The van der Waals surface area contributed by atoms with Crippen LogP contribution in [0, 0.1) is 5.92 Å². The van der Waals surface area contributed by atoms with E-state index >= 15 is 0 Å². The van der Waals surface area contributed by atoms with Crippen molar-refractivity contribution in [2.45, 2.75) is 12.8 Å². The molecule has 1 aliphatic rings. The van der Waals surface area contributed by atoms with Gasteiger partial charge in [-0.2, -0.15) is 5.10 Å². The highest BCUT2D eigenvalue weighted by Crippen LogP contribution is 2.26. The van der Waals surface area contributed by atoms with Crippen molar-refractivity contribution in [1.82, 2.24) is 19.7 Å². The lowest BCUT2D eigenvalue weighted by atomic mass is 9.95. The summed E-state index contributed by atoms with van der Waals surface area (Å²) in [6.45, 7) is 1.09. The Kier molecular flexibility index (Phi) is 6.43. The van der Waals surface area contributed by atoms with Crippen molar-refractivity contribution >= 4 is 35.2 Å². The number of carbonyl (C=O) groups excluding carboxylic acids is 2. The summed E-state index contributed by atoms with van der Waals surface area (Å²) in [5.41, 5.74) is 2.25. The summed E-state index contributed by atoms with van der Waals surface area (Å²) in [4.78, 5) is 31.1. The van der Waals surface area contributed by atoms with E-state index in [1.165, 1.54) is 6.33 Å². The lowest BCUT2D eigenvalue weighted by molar-refractivity contribution is -0.130. The average Bonchev–Trinajstić information content (AvgIpc) is 3.33. The Morgan fingerprint density at radius 1 is 1.10 bits per heavy atom. The van der Waals surface area contributed by atoms with Crippen LogP contribution in [0.15, 0.2) is 67.3 Å². The molecule has 2 aromatic carbocycles. The second-order valence-corrected chi connectivity index (χ2v) is 7.77. The van der Waals surface area contributed by atoms with Gasteiger partial charge in [0.25, 0.3) is 0 Å². The van der Waals surface area contributed by atoms with Crippen LogP contribution in [-0.4, -0.2) is 44.6 Å². The largest absolute Gasteiger partial charge is 0.339 e. The monoisotopic (exact) mass is 435 g/mol. The Labute approximate surface area is 185 Å². The number of rotatable bonds is 5. The van der Waals surface area contributed by atoms with Gasteiger partial charge in [0.05, 0.1) is 11.4 Å². The zero-order chi connectivity index (χ0) is 21.6. The topological polar surface area (TPSA) is 80.1 Å². The maximum atomic E-state index is 12.9. The van der Waals surface area contributed by atoms with E-state index in [9.17, 15) is 9.59 Å². The van der Waals surface area contributed by atoms with Gasteiger partial charge < -0.3 is 10.2 Å². The SMILES string of the molecule is O=C(Nc1cc(Cl)ccc1-n1cncn1)C1CCN(C(=O)/C=C/c2ccccc2)CC1. The molecule has 1 saturated heterocycles. The first-order valence-electron chi connectivity index (χ1n) is 10.1. The number of anilines is 1. The number of amides is 2. The molecule has 0 atom stereocenters. The van der Waals surface area contributed by atoms with Gasteiger partial charge in [-0.1, -0.05) is 41.9 Å². The maximum absolute atomic E-state index is 12.9. The van der Waals surface area contributed by atoms with Crippen LogP contribution in [-0.2, 0) is 9.59 Å². The maximum Gasteiger partial charge on any atom is 0.246 e. The molecule has 1 aromatic heterocycles. The van der Waals surface area contributed by atoms with Gasteiger partial charge in [-0.3, -0.25) is 9.59 Å². The molecule has 8 heteroatoms. The third-order valence-corrected chi connectivity index (χ3v) is 5.51. The number of nitrogens with zero attached hydrogens (tertiary/aromatic N) is 4. The normalized spacial score (nSPS) is 14.7. The fraction of sp³-hybridized carbons (Fsp3) is 0.217. The molecule has 0 aliphatic carbocycles. The molecule has 0 unspecified atom stereocenters. The predicted molar refractivity (Wildman–Crippen MR) is 120 cm³/mol. The van der Waals surface area contributed by atoms with Crippen molar-refractivity contribution in [3.8, 4) is 5.69 Å². The van der Waals surface area contributed by atoms with Crippen molar-refractivity contribution in [2.24, 2.45) is 5.92 Å². The molecule has 1 aliphatic heterocycles. The van der Waals surface area contributed by atoms with Crippen molar-refractivity contribution in [2.75, 3.05) is 18.4 Å².